The molecule has 0 aliphatic carbocycles. The molecule has 1 unspecified atom stereocenters. The average Bonchev–Trinajstić information content (AvgIpc) is 2.43. The van der Waals surface area contributed by atoms with Gasteiger partial charge in [-0.15, -0.1) is 0 Å². The van der Waals surface area contributed by atoms with Crippen LogP contribution in [0.5, 0.6) is 0 Å². The normalized spacial score (nSPS) is 12.5. The highest BCUT2D eigenvalue weighted by Gasteiger charge is 2.21. The quantitative estimate of drug-likeness (QED) is 0.769. The first-order valence-electron chi connectivity index (χ1n) is 6.58. The van der Waals surface area contributed by atoms with Crippen LogP contribution in [-0.4, -0.2) is 6.54 Å². The van der Waals surface area contributed by atoms with Crippen LogP contribution in [0.15, 0.2) is 34.8 Å². The second-order valence-electron chi connectivity index (χ2n) is 4.78. The summed E-state index contributed by atoms with van der Waals surface area (Å²) in [5.74, 6) is -3.00. The van der Waals surface area contributed by atoms with E-state index in [0.29, 0.717) is 12.6 Å². The first kappa shape index (κ1) is 16.0. The molecule has 0 aliphatic heterocycles. The first-order valence-corrected chi connectivity index (χ1v) is 7.37. The van der Waals surface area contributed by atoms with Gasteiger partial charge >= 0.3 is 0 Å². The van der Waals surface area contributed by atoms with Crippen molar-refractivity contribution in [1.82, 2.24) is 5.32 Å². The lowest BCUT2D eigenvalue weighted by Gasteiger charge is -2.22. The van der Waals surface area contributed by atoms with Crippen molar-refractivity contribution in [3.63, 3.8) is 0 Å². The van der Waals surface area contributed by atoms with Gasteiger partial charge in [-0.05, 0) is 42.8 Å². The minimum atomic E-state index is -1.18. The van der Waals surface area contributed by atoms with E-state index in [9.17, 15) is 13.2 Å². The minimum absolute atomic E-state index is 0.0944. The van der Waals surface area contributed by atoms with Crippen molar-refractivity contribution in [1.29, 1.82) is 0 Å². The lowest BCUT2D eigenvalue weighted by Crippen LogP contribution is -2.24. The molecule has 0 heterocycles. The van der Waals surface area contributed by atoms with Gasteiger partial charge in [0.1, 0.15) is 5.82 Å². The number of halogens is 4. The van der Waals surface area contributed by atoms with Crippen LogP contribution in [0.2, 0.25) is 0 Å². The number of hydrogen-bond acceptors (Lipinski definition) is 1. The van der Waals surface area contributed by atoms with Crippen LogP contribution in [0.1, 0.15) is 29.7 Å². The summed E-state index contributed by atoms with van der Waals surface area (Å²) in [5.41, 5.74) is 1.85. The second kappa shape index (κ2) is 6.62. The fourth-order valence-electron chi connectivity index (χ4n) is 2.27. The Morgan fingerprint density at radius 3 is 2.33 bits per heavy atom. The largest absolute Gasteiger partial charge is 0.306 e. The topological polar surface area (TPSA) is 12.0 Å². The van der Waals surface area contributed by atoms with Crippen molar-refractivity contribution >= 4 is 15.9 Å². The van der Waals surface area contributed by atoms with Crippen LogP contribution >= 0.6 is 15.9 Å². The van der Waals surface area contributed by atoms with Crippen molar-refractivity contribution in [3.8, 4) is 0 Å². The highest BCUT2D eigenvalue weighted by molar-refractivity contribution is 9.10. The van der Waals surface area contributed by atoms with Crippen LogP contribution in [0.25, 0.3) is 0 Å². The third kappa shape index (κ3) is 3.47. The molecule has 21 heavy (non-hydrogen) atoms. The summed E-state index contributed by atoms with van der Waals surface area (Å²) in [6, 6.07) is 6.58. The Balaban J connectivity index is 2.58. The summed E-state index contributed by atoms with van der Waals surface area (Å²) in [6.45, 7) is 4.33. The molecule has 0 saturated carbocycles. The third-order valence-corrected chi connectivity index (χ3v) is 3.80. The molecule has 0 bridgehead atoms. The summed E-state index contributed by atoms with van der Waals surface area (Å²) in [7, 11) is 0. The Morgan fingerprint density at radius 1 is 1.00 bits per heavy atom. The van der Waals surface area contributed by atoms with Gasteiger partial charge in [-0.25, -0.2) is 13.2 Å². The van der Waals surface area contributed by atoms with Gasteiger partial charge in [-0.3, -0.25) is 0 Å². The molecule has 1 atom stereocenters. The number of hydrogen-bond donors (Lipinski definition) is 1. The third-order valence-electron chi connectivity index (χ3n) is 3.31. The van der Waals surface area contributed by atoms with Gasteiger partial charge in [0.2, 0.25) is 0 Å². The van der Waals surface area contributed by atoms with Gasteiger partial charge in [-0.1, -0.05) is 28.9 Å². The van der Waals surface area contributed by atoms with E-state index in [1.165, 1.54) is 0 Å². The van der Waals surface area contributed by atoms with Gasteiger partial charge in [0.15, 0.2) is 11.6 Å². The fourth-order valence-corrected chi connectivity index (χ4v) is 2.65. The van der Waals surface area contributed by atoms with E-state index in [2.05, 4.69) is 21.2 Å². The maximum Gasteiger partial charge on any atom is 0.161 e. The van der Waals surface area contributed by atoms with E-state index in [1.807, 2.05) is 32.0 Å². The fraction of sp³-hybridized carbons (Fsp3) is 0.250. The van der Waals surface area contributed by atoms with Crippen LogP contribution < -0.4 is 5.32 Å². The lowest BCUT2D eigenvalue weighted by atomic mass is 9.94. The number of aryl methyl sites for hydroxylation is 1. The highest BCUT2D eigenvalue weighted by atomic mass is 79.9. The zero-order valence-corrected chi connectivity index (χ0v) is 13.3. The number of benzene rings is 2. The Labute approximate surface area is 130 Å². The zero-order chi connectivity index (χ0) is 15.6. The Morgan fingerprint density at radius 2 is 1.67 bits per heavy atom. The van der Waals surface area contributed by atoms with Crippen molar-refractivity contribution < 1.29 is 13.2 Å². The first-order chi connectivity index (χ1) is 9.93. The lowest BCUT2D eigenvalue weighted by molar-refractivity contribution is 0.481. The molecule has 0 amide bonds. The Bertz CT molecular complexity index is 658. The monoisotopic (exact) mass is 357 g/mol. The van der Waals surface area contributed by atoms with E-state index >= 15 is 0 Å². The van der Waals surface area contributed by atoms with Crippen LogP contribution in [0, 0.1) is 24.4 Å². The van der Waals surface area contributed by atoms with E-state index < -0.39 is 23.5 Å². The van der Waals surface area contributed by atoms with Crippen molar-refractivity contribution in [3.05, 3.63) is 68.9 Å². The van der Waals surface area contributed by atoms with Crippen LogP contribution in [0.3, 0.4) is 0 Å². The summed E-state index contributed by atoms with van der Waals surface area (Å²) < 4.78 is 41.5. The van der Waals surface area contributed by atoms with Crippen LogP contribution in [-0.2, 0) is 0 Å². The second-order valence-corrected chi connectivity index (χ2v) is 5.70. The molecule has 0 spiro atoms. The molecule has 0 saturated heterocycles. The molecule has 0 aromatic heterocycles. The maximum atomic E-state index is 14.1. The van der Waals surface area contributed by atoms with E-state index in [1.54, 1.807) is 0 Å². The molecule has 0 aliphatic rings. The maximum absolute atomic E-state index is 14.1. The summed E-state index contributed by atoms with van der Waals surface area (Å²) in [5, 5.41) is 3.12. The van der Waals surface area contributed by atoms with E-state index in [0.717, 1.165) is 21.7 Å². The molecule has 0 fully saturated rings. The predicted octanol–water partition coefficient (Wildman–Crippen LogP) is 4.87. The van der Waals surface area contributed by atoms with Crippen molar-refractivity contribution in [2.45, 2.75) is 19.9 Å². The molecule has 1 N–H and O–H groups in total. The van der Waals surface area contributed by atoms with Gasteiger partial charge in [0.05, 0.1) is 6.04 Å². The van der Waals surface area contributed by atoms with E-state index in [-0.39, 0.29) is 5.56 Å². The van der Waals surface area contributed by atoms with Gasteiger partial charge in [0.25, 0.3) is 0 Å². The average molecular weight is 358 g/mol. The summed E-state index contributed by atoms with van der Waals surface area (Å²) >= 11 is 3.38. The zero-order valence-electron chi connectivity index (χ0n) is 11.7. The molecule has 112 valence electrons. The predicted molar refractivity (Wildman–Crippen MR) is 80.7 cm³/mol. The molecule has 5 heteroatoms. The molecule has 2 aromatic rings. The Hall–Kier alpha value is -1.33. The SMILES string of the molecule is CCNC(c1cc(Br)ccc1C)c1cc(F)c(F)cc1F. The molecule has 0 radical (unpaired) electrons. The molecule has 2 rings (SSSR count). The minimum Gasteiger partial charge on any atom is -0.306 e. The molecule has 1 nitrogen and oxygen atoms in total. The van der Waals surface area contributed by atoms with Crippen molar-refractivity contribution in [2.75, 3.05) is 6.54 Å². The molecular weight excluding hydrogens is 343 g/mol. The standard InChI is InChI=1S/C16H15BrF3N/c1-3-21-16(11-6-10(17)5-4-9(11)2)12-7-14(19)15(20)8-13(12)18/h4-8,16,21H,3H2,1-2H3. The number of rotatable bonds is 4. The Kier molecular flexibility index (Phi) is 5.06. The van der Waals surface area contributed by atoms with E-state index in [4.69, 9.17) is 0 Å². The highest BCUT2D eigenvalue weighted by Crippen LogP contribution is 2.30. The smallest absolute Gasteiger partial charge is 0.161 e. The number of nitrogens with one attached hydrogen (secondary N) is 1. The molecule has 2 aromatic carbocycles. The van der Waals surface area contributed by atoms with Crippen LogP contribution in [0.4, 0.5) is 13.2 Å². The summed E-state index contributed by atoms with van der Waals surface area (Å²) in [4.78, 5) is 0. The van der Waals surface area contributed by atoms with Gasteiger partial charge in [0, 0.05) is 16.1 Å². The van der Waals surface area contributed by atoms with Gasteiger partial charge < -0.3 is 5.32 Å². The molecular formula is C16H15BrF3N. The van der Waals surface area contributed by atoms with Crippen molar-refractivity contribution in [2.24, 2.45) is 0 Å². The van der Waals surface area contributed by atoms with Gasteiger partial charge in [-0.2, -0.15) is 0 Å². The summed E-state index contributed by atoms with van der Waals surface area (Å²) in [6.07, 6.45) is 0.